The third kappa shape index (κ3) is 3.26. The SMILES string of the molecule is CCN(CC(=O)NC)S(=O)(=O)C(C)C. The molecule has 0 aromatic rings. The van der Waals surface area contributed by atoms with Gasteiger partial charge in [-0.15, -0.1) is 0 Å². The van der Waals surface area contributed by atoms with Crippen molar-refractivity contribution in [1.82, 2.24) is 9.62 Å². The normalized spacial score (nSPS) is 12.1. The smallest absolute Gasteiger partial charge is 0.235 e. The van der Waals surface area contributed by atoms with Gasteiger partial charge in [-0.1, -0.05) is 6.92 Å². The summed E-state index contributed by atoms with van der Waals surface area (Å²) in [7, 11) is -1.84. The molecule has 0 rings (SSSR count). The zero-order valence-electron chi connectivity index (χ0n) is 9.07. The molecular weight excluding hydrogens is 204 g/mol. The fourth-order valence-electron chi connectivity index (χ4n) is 0.919. The van der Waals surface area contributed by atoms with Crippen LogP contribution in [0.5, 0.6) is 0 Å². The quantitative estimate of drug-likeness (QED) is 0.700. The zero-order valence-corrected chi connectivity index (χ0v) is 9.89. The highest BCUT2D eigenvalue weighted by Gasteiger charge is 2.25. The van der Waals surface area contributed by atoms with Gasteiger partial charge in [0.1, 0.15) is 0 Å². The summed E-state index contributed by atoms with van der Waals surface area (Å²) in [6, 6.07) is 0. The van der Waals surface area contributed by atoms with Gasteiger partial charge in [-0.05, 0) is 13.8 Å². The Labute approximate surface area is 85.5 Å². The number of amides is 1. The van der Waals surface area contributed by atoms with Crippen molar-refractivity contribution in [2.45, 2.75) is 26.0 Å². The van der Waals surface area contributed by atoms with Crippen molar-refractivity contribution < 1.29 is 13.2 Å². The monoisotopic (exact) mass is 222 g/mol. The number of likely N-dealkylation sites (N-methyl/N-ethyl adjacent to an activating group) is 2. The van der Waals surface area contributed by atoms with Gasteiger partial charge in [0.2, 0.25) is 15.9 Å². The predicted octanol–water partition coefficient (Wildman–Crippen LogP) is -0.207. The molecule has 0 saturated carbocycles. The largest absolute Gasteiger partial charge is 0.358 e. The number of nitrogens with one attached hydrogen (secondary N) is 1. The minimum atomic E-state index is -3.32. The van der Waals surface area contributed by atoms with E-state index in [0.717, 1.165) is 0 Å². The fraction of sp³-hybridized carbons (Fsp3) is 0.875. The van der Waals surface area contributed by atoms with E-state index < -0.39 is 15.3 Å². The van der Waals surface area contributed by atoms with Gasteiger partial charge in [-0.2, -0.15) is 4.31 Å². The summed E-state index contributed by atoms with van der Waals surface area (Å²) in [4.78, 5) is 11.0. The van der Waals surface area contributed by atoms with Gasteiger partial charge in [0, 0.05) is 13.6 Å². The second-order valence-corrected chi connectivity index (χ2v) is 5.68. The van der Waals surface area contributed by atoms with Crippen molar-refractivity contribution in [3.8, 4) is 0 Å². The molecule has 0 spiro atoms. The lowest BCUT2D eigenvalue weighted by Crippen LogP contribution is -2.42. The Kier molecular flexibility index (Phi) is 5.07. The van der Waals surface area contributed by atoms with Crippen LogP contribution in [0.25, 0.3) is 0 Å². The molecule has 0 saturated heterocycles. The molecule has 0 fully saturated rings. The van der Waals surface area contributed by atoms with Gasteiger partial charge in [0.15, 0.2) is 0 Å². The van der Waals surface area contributed by atoms with Gasteiger partial charge in [-0.25, -0.2) is 8.42 Å². The minimum Gasteiger partial charge on any atom is -0.358 e. The summed E-state index contributed by atoms with van der Waals surface area (Å²) in [6.07, 6.45) is 0. The molecule has 14 heavy (non-hydrogen) atoms. The van der Waals surface area contributed by atoms with Crippen LogP contribution in [-0.2, 0) is 14.8 Å². The van der Waals surface area contributed by atoms with Crippen LogP contribution in [0.15, 0.2) is 0 Å². The Morgan fingerprint density at radius 3 is 2.21 bits per heavy atom. The molecule has 0 aliphatic heterocycles. The second kappa shape index (κ2) is 5.31. The van der Waals surface area contributed by atoms with Gasteiger partial charge in [0.05, 0.1) is 11.8 Å². The molecule has 0 heterocycles. The van der Waals surface area contributed by atoms with Crippen LogP contribution in [0.3, 0.4) is 0 Å². The van der Waals surface area contributed by atoms with E-state index in [1.165, 1.54) is 11.4 Å². The Bertz CT molecular complexity index is 285. The summed E-state index contributed by atoms with van der Waals surface area (Å²) in [5.74, 6) is -0.295. The molecule has 6 heteroatoms. The van der Waals surface area contributed by atoms with E-state index in [4.69, 9.17) is 0 Å². The number of carbonyl (C=O) groups excluding carboxylic acids is 1. The standard InChI is InChI=1S/C8H18N2O3S/c1-5-10(6-8(11)9-4)14(12,13)7(2)3/h7H,5-6H2,1-4H3,(H,9,11). The Morgan fingerprint density at radius 2 is 1.93 bits per heavy atom. The third-order valence-corrected chi connectivity index (χ3v) is 4.21. The molecule has 5 nitrogen and oxygen atoms in total. The first-order valence-corrected chi connectivity index (χ1v) is 6.06. The number of rotatable bonds is 5. The van der Waals surface area contributed by atoms with Gasteiger partial charge < -0.3 is 5.32 Å². The minimum absolute atomic E-state index is 0.104. The highest BCUT2D eigenvalue weighted by molar-refractivity contribution is 7.89. The molecule has 1 N–H and O–H groups in total. The van der Waals surface area contributed by atoms with Crippen molar-refractivity contribution in [2.24, 2.45) is 0 Å². The fourth-order valence-corrected chi connectivity index (χ4v) is 2.17. The Hall–Kier alpha value is -0.620. The second-order valence-electron chi connectivity index (χ2n) is 3.19. The lowest BCUT2D eigenvalue weighted by molar-refractivity contribution is -0.120. The molecule has 0 atom stereocenters. The first-order valence-electron chi connectivity index (χ1n) is 4.55. The molecule has 84 valence electrons. The van der Waals surface area contributed by atoms with Crippen LogP contribution in [0.2, 0.25) is 0 Å². The van der Waals surface area contributed by atoms with Gasteiger partial charge in [0.25, 0.3) is 0 Å². The van der Waals surface area contributed by atoms with E-state index in [1.807, 2.05) is 0 Å². The summed E-state index contributed by atoms with van der Waals surface area (Å²) < 4.78 is 24.5. The van der Waals surface area contributed by atoms with Crippen molar-refractivity contribution in [3.63, 3.8) is 0 Å². The van der Waals surface area contributed by atoms with Gasteiger partial charge >= 0.3 is 0 Å². The number of hydrogen-bond donors (Lipinski definition) is 1. The van der Waals surface area contributed by atoms with E-state index >= 15 is 0 Å². The molecule has 0 aromatic carbocycles. The number of sulfonamides is 1. The predicted molar refractivity (Wildman–Crippen MR) is 55.4 cm³/mol. The first-order chi connectivity index (χ1) is 6.36. The van der Waals surface area contributed by atoms with Crippen LogP contribution in [-0.4, -0.2) is 44.0 Å². The summed E-state index contributed by atoms with van der Waals surface area (Å²) in [5, 5.41) is 1.90. The summed E-state index contributed by atoms with van der Waals surface area (Å²) in [5.41, 5.74) is 0. The summed E-state index contributed by atoms with van der Waals surface area (Å²) >= 11 is 0. The van der Waals surface area contributed by atoms with Crippen molar-refractivity contribution in [3.05, 3.63) is 0 Å². The molecule has 0 unspecified atom stereocenters. The maximum Gasteiger partial charge on any atom is 0.235 e. The third-order valence-electron chi connectivity index (χ3n) is 1.91. The number of hydrogen-bond acceptors (Lipinski definition) is 3. The van der Waals surface area contributed by atoms with Crippen molar-refractivity contribution in [1.29, 1.82) is 0 Å². The number of carbonyl (C=O) groups is 1. The van der Waals surface area contributed by atoms with E-state index in [0.29, 0.717) is 6.54 Å². The van der Waals surface area contributed by atoms with Gasteiger partial charge in [-0.3, -0.25) is 4.79 Å². The van der Waals surface area contributed by atoms with Crippen molar-refractivity contribution in [2.75, 3.05) is 20.1 Å². The van der Waals surface area contributed by atoms with Crippen LogP contribution in [0.4, 0.5) is 0 Å². The number of nitrogens with zero attached hydrogens (tertiary/aromatic N) is 1. The van der Waals surface area contributed by atoms with Crippen LogP contribution in [0.1, 0.15) is 20.8 Å². The Morgan fingerprint density at radius 1 is 1.43 bits per heavy atom. The highest BCUT2D eigenvalue weighted by Crippen LogP contribution is 2.07. The molecule has 1 amide bonds. The molecule has 0 radical (unpaired) electrons. The Balaban J connectivity index is 4.66. The molecule has 0 bridgehead atoms. The van der Waals surface area contributed by atoms with Crippen LogP contribution in [0, 0.1) is 0 Å². The van der Waals surface area contributed by atoms with Crippen LogP contribution >= 0.6 is 0 Å². The zero-order chi connectivity index (χ0) is 11.4. The highest BCUT2D eigenvalue weighted by atomic mass is 32.2. The average Bonchev–Trinajstić information content (AvgIpc) is 2.12. The summed E-state index contributed by atoms with van der Waals surface area (Å²) in [6.45, 7) is 5.12. The molecule has 0 aliphatic rings. The maximum atomic E-state index is 11.7. The molecule has 0 aromatic heterocycles. The lowest BCUT2D eigenvalue weighted by atomic mass is 10.5. The lowest BCUT2D eigenvalue weighted by Gasteiger charge is -2.21. The molecule has 0 aliphatic carbocycles. The van der Waals surface area contributed by atoms with E-state index in [-0.39, 0.29) is 12.5 Å². The van der Waals surface area contributed by atoms with Crippen LogP contribution < -0.4 is 5.32 Å². The van der Waals surface area contributed by atoms with E-state index in [1.54, 1.807) is 20.8 Å². The van der Waals surface area contributed by atoms with E-state index in [2.05, 4.69) is 5.32 Å². The van der Waals surface area contributed by atoms with E-state index in [9.17, 15) is 13.2 Å². The topological polar surface area (TPSA) is 66.5 Å². The molecular formula is C8H18N2O3S. The average molecular weight is 222 g/mol. The van der Waals surface area contributed by atoms with Crippen molar-refractivity contribution >= 4 is 15.9 Å². The maximum absolute atomic E-state index is 11.7. The first kappa shape index (κ1) is 13.4.